The number of benzene rings is 1. The van der Waals surface area contributed by atoms with Gasteiger partial charge in [0.2, 0.25) is 0 Å². The van der Waals surface area contributed by atoms with Gasteiger partial charge in [0, 0.05) is 11.0 Å². The van der Waals surface area contributed by atoms with Crippen molar-refractivity contribution in [2.45, 2.75) is 26.9 Å². The van der Waals surface area contributed by atoms with Crippen LogP contribution in [0.15, 0.2) is 36.4 Å². The molecule has 0 aliphatic carbocycles. The number of carbonyl (C=O) groups excluding carboxylic acids is 1. The first kappa shape index (κ1) is 16.3. The maximum atomic E-state index is 12.9. The molecule has 0 aromatic heterocycles. The summed E-state index contributed by atoms with van der Waals surface area (Å²) in [5, 5.41) is 0. The average Bonchev–Trinajstić information content (AvgIpc) is 2.52. The molecular formula is C17H17F3O2. The lowest BCUT2D eigenvalue weighted by atomic mass is 9.90. The number of fused-ring (bicyclic) bond motifs is 1. The van der Waals surface area contributed by atoms with E-state index < -0.39 is 11.7 Å². The van der Waals surface area contributed by atoms with Gasteiger partial charge in [-0.2, -0.15) is 13.2 Å². The third-order valence-corrected chi connectivity index (χ3v) is 3.26. The van der Waals surface area contributed by atoms with Gasteiger partial charge in [-0.3, -0.25) is 4.79 Å². The molecule has 0 saturated heterocycles. The van der Waals surface area contributed by atoms with E-state index in [1.54, 1.807) is 0 Å². The number of hydrogen-bond acceptors (Lipinski definition) is 2. The monoisotopic (exact) mass is 310 g/mol. The van der Waals surface area contributed by atoms with E-state index in [2.05, 4.69) is 0 Å². The van der Waals surface area contributed by atoms with Gasteiger partial charge in [0.1, 0.15) is 5.75 Å². The molecule has 0 atom stereocenters. The molecule has 5 heteroatoms. The van der Waals surface area contributed by atoms with Crippen molar-refractivity contribution in [2.24, 2.45) is 5.41 Å². The lowest BCUT2D eigenvalue weighted by Crippen LogP contribution is -2.17. The van der Waals surface area contributed by atoms with Crippen LogP contribution in [0.25, 0.3) is 5.57 Å². The number of rotatable bonds is 2. The second-order valence-electron chi connectivity index (χ2n) is 6.03. The summed E-state index contributed by atoms with van der Waals surface area (Å²) in [7, 11) is 0. The molecule has 0 spiro atoms. The van der Waals surface area contributed by atoms with E-state index in [9.17, 15) is 18.0 Å². The van der Waals surface area contributed by atoms with Crippen LogP contribution >= 0.6 is 0 Å². The number of ketones is 1. The number of alkyl halides is 3. The van der Waals surface area contributed by atoms with Crippen molar-refractivity contribution in [1.29, 1.82) is 0 Å². The van der Waals surface area contributed by atoms with Crippen LogP contribution in [0.1, 0.15) is 31.9 Å². The first-order valence-electron chi connectivity index (χ1n) is 6.84. The molecule has 0 N–H and O–H groups in total. The van der Waals surface area contributed by atoms with E-state index in [1.165, 1.54) is 25.1 Å². The maximum absolute atomic E-state index is 12.9. The number of hydrogen-bond donors (Lipinski definition) is 0. The van der Waals surface area contributed by atoms with Crippen LogP contribution in [0.5, 0.6) is 5.75 Å². The van der Waals surface area contributed by atoms with Gasteiger partial charge in [0.25, 0.3) is 0 Å². The molecule has 1 heterocycles. The summed E-state index contributed by atoms with van der Waals surface area (Å²) in [6.07, 6.45) is 0.291. The number of allylic oxidation sites excluding steroid dienone is 3. The topological polar surface area (TPSA) is 26.3 Å². The van der Waals surface area contributed by atoms with E-state index >= 15 is 0 Å². The number of halogens is 3. The van der Waals surface area contributed by atoms with Crippen molar-refractivity contribution in [3.8, 4) is 5.75 Å². The van der Waals surface area contributed by atoms with E-state index in [0.717, 1.165) is 12.1 Å². The van der Waals surface area contributed by atoms with Crippen molar-refractivity contribution in [1.82, 2.24) is 0 Å². The van der Waals surface area contributed by atoms with E-state index in [4.69, 9.17) is 4.74 Å². The molecule has 118 valence electrons. The van der Waals surface area contributed by atoms with Crippen molar-refractivity contribution in [3.05, 3.63) is 47.6 Å². The molecule has 1 aromatic carbocycles. The van der Waals surface area contributed by atoms with Crippen LogP contribution in [0, 0.1) is 5.41 Å². The van der Waals surface area contributed by atoms with Gasteiger partial charge in [-0.05, 0) is 36.8 Å². The van der Waals surface area contributed by atoms with Gasteiger partial charge in [0.05, 0.1) is 12.2 Å². The summed E-state index contributed by atoms with van der Waals surface area (Å²) in [5.41, 5.74) is -0.193. The van der Waals surface area contributed by atoms with Crippen LogP contribution in [-0.2, 0) is 11.0 Å². The molecule has 0 saturated carbocycles. The standard InChI is InChI=1S/C17H17F3O2/c1-11(21)4-5-12-9-16(2,3)10-22-15-7-6-13(8-14(12)15)17(18,19)20/h4-9H,10H2,1-3H3/b5-4+. The number of carbonyl (C=O) groups is 1. The minimum Gasteiger partial charge on any atom is -0.492 e. The Morgan fingerprint density at radius 1 is 1.32 bits per heavy atom. The zero-order valence-electron chi connectivity index (χ0n) is 12.6. The quantitative estimate of drug-likeness (QED) is 0.743. The van der Waals surface area contributed by atoms with Crippen molar-refractivity contribution in [3.63, 3.8) is 0 Å². The van der Waals surface area contributed by atoms with Crippen molar-refractivity contribution in [2.75, 3.05) is 6.61 Å². The average molecular weight is 310 g/mol. The minimum atomic E-state index is -4.42. The maximum Gasteiger partial charge on any atom is 0.416 e. The van der Waals surface area contributed by atoms with E-state index in [1.807, 2.05) is 19.9 Å². The fourth-order valence-corrected chi connectivity index (χ4v) is 2.21. The molecule has 0 unspecified atom stereocenters. The first-order valence-corrected chi connectivity index (χ1v) is 6.84. The first-order chi connectivity index (χ1) is 10.1. The van der Waals surface area contributed by atoms with Crippen LogP contribution in [0.4, 0.5) is 13.2 Å². The zero-order valence-corrected chi connectivity index (χ0v) is 12.6. The highest BCUT2D eigenvalue weighted by molar-refractivity contribution is 5.91. The Labute approximate surface area is 127 Å². The van der Waals surface area contributed by atoms with Crippen molar-refractivity contribution < 1.29 is 22.7 Å². The van der Waals surface area contributed by atoms with Crippen molar-refractivity contribution >= 4 is 11.4 Å². The lowest BCUT2D eigenvalue weighted by molar-refractivity contribution is -0.137. The molecule has 0 bridgehead atoms. The summed E-state index contributed by atoms with van der Waals surface area (Å²) < 4.78 is 44.4. The summed E-state index contributed by atoms with van der Waals surface area (Å²) in [5.74, 6) is 0.218. The Morgan fingerprint density at radius 3 is 2.59 bits per heavy atom. The molecule has 1 aromatic rings. The number of ether oxygens (including phenoxy) is 1. The molecule has 0 radical (unpaired) electrons. The van der Waals surface area contributed by atoms with Crippen LogP contribution < -0.4 is 4.74 Å². The summed E-state index contributed by atoms with van der Waals surface area (Å²) in [6.45, 7) is 5.58. The zero-order chi connectivity index (χ0) is 16.5. The Bertz CT molecular complexity index is 652. The smallest absolute Gasteiger partial charge is 0.416 e. The fourth-order valence-electron chi connectivity index (χ4n) is 2.21. The largest absolute Gasteiger partial charge is 0.492 e. The third kappa shape index (κ3) is 3.78. The molecule has 1 aliphatic heterocycles. The SMILES string of the molecule is CC(=O)/C=C/C1=CC(C)(C)COc2ccc(C(F)(F)F)cc21. The fraction of sp³-hybridized carbons (Fsp3) is 0.353. The molecule has 22 heavy (non-hydrogen) atoms. The molecule has 1 aliphatic rings. The highest BCUT2D eigenvalue weighted by Gasteiger charge is 2.32. The predicted octanol–water partition coefficient (Wildman–Crippen LogP) is 4.65. The van der Waals surface area contributed by atoms with Gasteiger partial charge < -0.3 is 4.74 Å². The second kappa shape index (κ2) is 5.63. The summed E-state index contributed by atoms with van der Waals surface area (Å²) >= 11 is 0. The second-order valence-corrected chi connectivity index (χ2v) is 6.03. The minimum absolute atomic E-state index is 0.169. The Morgan fingerprint density at radius 2 is 2.00 bits per heavy atom. The Balaban J connectivity index is 2.59. The molecule has 0 fully saturated rings. The molecule has 2 rings (SSSR count). The van der Waals surface area contributed by atoms with E-state index in [-0.39, 0.29) is 11.2 Å². The molecule has 0 amide bonds. The lowest BCUT2D eigenvalue weighted by Gasteiger charge is -2.18. The normalized spacial score (nSPS) is 17.5. The van der Waals surface area contributed by atoms with Crippen LogP contribution in [-0.4, -0.2) is 12.4 Å². The predicted molar refractivity (Wildman–Crippen MR) is 78.5 cm³/mol. The summed E-state index contributed by atoms with van der Waals surface area (Å²) in [4.78, 5) is 11.1. The Hall–Kier alpha value is -2.04. The van der Waals surface area contributed by atoms with Gasteiger partial charge in [-0.1, -0.05) is 26.0 Å². The van der Waals surface area contributed by atoms with Gasteiger partial charge in [-0.25, -0.2) is 0 Å². The molecule has 2 nitrogen and oxygen atoms in total. The Kier molecular flexibility index (Phi) is 4.18. The van der Waals surface area contributed by atoms with Gasteiger partial charge in [-0.15, -0.1) is 0 Å². The third-order valence-electron chi connectivity index (χ3n) is 3.26. The highest BCUT2D eigenvalue weighted by Crippen LogP contribution is 2.39. The van der Waals surface area contributed by atoms with Crippen LogP contribution in [0.2, 0.25) is 0 Å². The van der Waals surface area contributed by atoms with Gasteiger partial charge in [0.15, 0.2) is 5.78 Å². The van der Waals surface area contributed by atoms with Gasteiger partial charge >= 0.3 is 6.18 Å². The van der Waals surface area contributed by atoms with Crippen LogP contribution in [0.3, 0.4) is 0 Å². The summed E-state index contributed by atoms with van der Waals surface area (Å²) in [6, 6.07) is 3.39. The molecular weight excluding hydrogens is 293 g/mol. The highest BCUT2D eigenvalue weighted by atomic mass is 19.4. The van der Waals surface area contributed by atoms with E-state index in [0.29, 0.717) is 23.5 Å².